The molecule has 2 aromatic rings. The van der Waals surface area contributed by atoms with Gasteiger partial charge in [-0.3, -0.25) is 4.79 Å². The van der Waals surface area contributed by atoms with Crippen LogP contribution < -0.4 is 14.8 Å². The molecule has 1 N–H and O–H groups in total. The number of fused-ring (bicyclic) bond motifs is 1. The summed E-state index contributed by atoms with van der Waals surface area (Å²) < 4.78 is 11.3. The third-order valence-corrected chi connectivity index (χ3v) is 4.51. The number of benzene rings is 2. The van der Waals surface area contributed by atoms with Crippen LogP contribution in [0.25, 0.3) is 0 Å². The highest BCUT2D eigenvalue weighted by atomic mass is 35.5. The average Bonchev–Trinajstić information content (AvgIpc) is 2.82. The van der Waals surface area contributed by atoms with Gasteiger partial charge in [-0.05, 0) is 42.2 Å². The van der Waals surface area contributed by atoms with E-state index in [1.807, 2.05) is 31.2 Å². The Bertz CT molecular complexity index is 789. The zero-order valence-electron chi connectivity index (χ0n) is 14.5. The molecule has 132 valence electrons. The molecule has 0 fully saturated rings. The Morgan fingerprint density at radius 3 is 2.84 bits per heavy atom. The molecule has 0 spiro atoms. The molecule has 1 heterocycles. The van der Waals surface area contributed by atoms with Gasteiger partial charge < -0.3 is 14.8 Å². The van der Waals surface area contributed by atoms with E-state index in [4.69, 9.17) is 21.1 Å². The van der Waals surface area contributed by atoms with Crippen LogP contribution in [0.3, 0.4) is 0 Å². The lowest BCUT2D eigenvalue weighted by Crippen LogP contribution is -2.16. The Hall–Kier alpha value is -2.20. The first-order chi connectivity index (χ1) is 12.1. The van der Waals surface area contributed by atoms with Crippen molar-refractivity contribution < 1.29 is 14.3 Å². The van der Waals surface area contributed by atoms with Crippen LogP contribution in [0.4, 0.5) is 5.69 Å². The predicted molar refractivity (Wildman–Crippen MR) is 99.9 cm³/mol. The van der Waals surface area contributed by atoms with Crippen LogP contribution in [0.5, 0.6) is 11.5 Å². The number of halogens is 1. The van der Waals surface area contributed by atoms with Crippen molar-refractivity contribution in [2.45, 2.75) is 33.1 Å². The largest absolute Gasteiger partial charge is 0.489 e. The number of amides is 1. The standard InChI is InChI=1S/C20H22ClNO3/c1-3-15-7-4-6-13(2)19(15)22-18(23)12-14-10-16(21)20-17(11-14)24-8-5-9-25-20/h4,6-7,10-11H,3,5,8-9,12H2,1-2H3,(H,22,23). The predicted octanol–water partition coefficient (Wildman–Crippen LogP) is 4.55. The lowest BCUT2D eigenvalue weighted by molar-refractivity contribution is -0.115. The Morgan fingerprint density at radius 1 is 1.24 bits per heavy atom. The minimum absolute atomic E-state index is 0.0745. The maximum atomic E-state index is 12.5. The fourth-order valence-electron chi connectivity index (χ4n) is 2.96. The highest BCUT2D eigenvalue weighted by Gasteiger charge is 2.17. The summed E-state index contributed by atoms with van der Waals surface area (Å²) in [4.78, 5) is 12.5. The Balaban J connectivity index is 1.78. The van der Waals surface area contributed by atoms with E-state index in [1.165, 1.54) is 0 Å². The molecular formula is C20H22ClNO3. The topological polar surface area (TPSA) is 47.6 Å². The number of aryl methyl sites for hydroxylation is 2. The average molecular weight is 360 g/mol. The molecule has 0 aliphatic carbocycles. The van der Waals surface area contributed by atoms with Crippen LogP contribution >= 0.6 is 11.6 Å². The molecule has 1 aliphatic rings. The molecule has 0 atom stereocenters. The Morgan fingerprint density at radius 2 is 2.04 bits per heavy atom. The van der Waals surface area contributed by atoms with Crippen molar-refractivity contribution >= 4 is 23.2 Å². The third kappa shape index (κ3) is 4.07. The van der Waals surface area contributed by atoms with Gasteiger partial charge in [0.25, 0.3) is 0 Å². The fraction of sp³-hybridized carbons (Fsp3) is 0.350. The van der Waals surface area contributed by atoms with Crippen LogP contribution in [0, 0.1) is 6.92 Å². The normalized spacial score (nSPS) is 13.2. The number of rotatable bonds is 4. The summed E-state index contributed by atoms with van der Waals surface area (Å²) in [5.74, 6) is 1.10. The van der Waals surface area contributed by atoms with Crippen LogP contribution in [0.2, 0.25) is 5.02 Å². The number of ether oxygens (including phenoxy) is 2. The molecule has 0 bridgehead atoms. The summed E-state index contributed by atoms with van der Waals surface area (Å²) in [6.45, 7) is 5.24. The van der Waals surface area contributed by atoms with E-state index in [2.05, 4.69) is 12.2 Å². The summed E-state index contributed by atoms with van der Waals surface area (Å²) in [6.07, 6.45) is 1.91. The Labute approximate surface area is 153 Å². The van der Waals surface area contributed by atoms with E-state index in [0.717, 1.165) is 35.2 Å². The van der Waals surface area contributed by atoms with Gasteiger partial charge in [0.1, 0.15) is 0 Å². The van der Waals surface area contributed by atoms with E-state index in [-0.39, 0.29) is 12.3 Å². The van der Waals surface area contributed by atoms with Crippen LogP contribution in [-0.2, 0) is 17.6 Å². The second-order valence-electron chi connectivity index (χ2n) is 6.14. The maximum absolute atomic E-state index is 12.5. The van der Waals surface area contributed by atoms with Gasteiger partial charge in [-0.15, -0.1) is 0 Å². The zero-order chi connectivity index (χ0) is 17.8. The van der Waals surface area contributed by atoms with Crippen molar-refractivity contribution in [3.05, 3.63) is 52.0 Å². The highest BCUT2D eigenvalue weighted by Crippen LogP contribution is 2.38. The molecular weight excluding hydrogens is 338 g/mol. The van der Waals surface area contributed by atoms with E-state index >= 15 is 0 Å². The van der Waals surface area contributed by atoms with Gasteiger partial charge >= 0.3 is 0 Å². The number of nitrogens with one attached hydrogen (secondary N) is 1. The molecule has 0 saturated heterocycles. The SMILES string of the molecule is CCc1cccc(C)c1NC(=O)Cc1cc(Cl)c2c(c1)OCCCO2. The van der Waals surface area contributed by atoms with E-state index in [1.54, 1.807) is 6.07 Å². The summed E-state index contributed by atoms with van der Waals surface area (Å²) in [7, 11) is 0. The number of hydrogen-bond donors (Lipinski definition) is 1. The van der Waals surface area contributed by atoms with Crippen molar-refractivity contribution in [2.24, 2.45) is 0 Å². The Kier molecular flexibility index (Phi) is 5.49. The lowest BCUT2D eigenvalue weighted by Gasteiger charge is -2.14. The molecule has 4 nitrogen and oxygen atoms in total. The summed E-state index contributed by atoms with van der Waals surface area (Å²) in [6, 6.07) is 9.65. The summed E-state index contributed by atoms with van der Waals surface area (Å²) in [5.41, 5.74) is 3.89. The van der Waals surface area contributed by atoms with Gasteiger partial charge in [0.05, 0.1) is 24.7 Å². The summed E-state index contributed by atoms with van der Waals surface area (Å²) >= 11 is 6.30. The van der Waals surface area contributed by atoms with Crippen molar-refractivity contribution in [3.63, 3.8) is 0 Å². The van der Waals surface area contributed by atoms with Crippen molar-refractivity contribution in [3.8, 4) is 11.5 Å². The van der Waals surface area contributed by atoms with Crippen LogP contribution in [0.1, 0.15) is 30.0 Å². The lowest BCUT2D eigenvalue weighted by atomic mass is 10.1. The highest BCUT2D eigenvalue weighted by molar-refractivity contribution is 6.32. The van der Waals surface area contributed by atoms with Gasteiger partial charge in [0.15, 0.2) is 11.5 Å². The minimum Gasteiger partial charge on any atom is -0.489 e. The van der Waals surface area contributed by atoms with E-state index in [9.17, 15) is 4.79 Å². The third-order valence-electron chi connectivity index (χ3n) is 4.23. The molecule has 0 unspecified atom stereocenters. The monoisotopic (exact) mass is 359 g/mol. The molecule has 5 heteroatoms. The number of para-hydroxylation sites is 1. The quantitative estimate of drug-likeness (QED) is 0.870. The number of carbonyl (C=O) groups is 1. The molecule has 1 aliphatic heterocycles. The minimum atomic E-state index is -0.0745. The second-order valence-corrected chi connectivity index (χ2v) is 6.55. The van der Waals surface area contributed by atoms with E-state index < -0.39 is 0 Å². The molecule has 0 saturated carbocycles. The van der Waals surface area contributed by atoms with Crippen LogP contribution in [0.15, 0.2) is 30.3 Å². The zero-order valence-corrected chi connectivity index (χ0v) is 15.3. The molecule has 3 rings (SSSR count). The van der Waals surface area contributed by atoms with Crippen molar-refractivity contribution in [1.82, 2.24) is 0 Å². The first-order valence-corrected chi connectivity index (χ1v) is 8.92. The molecule has 0 radical (unpaired) electrons. The van der Waals surface area contributed by atoms with E-state index in [0.29, 0.717) is 29.7 Å². The van der Waals surface area contributed by atoms with Gasteiger partial charge in [0, 0.05) is 12.1 Å². The molecule has 2 aromatic carbocycles. The van der Waals surface area contributed by atoms with Gasteiger partial charge in [-0.25, -0.2) is 0 Å². The second kappa shape index (κ2) is 7.79. The summed E-state index contributed by atoms with van der Waals surface area (Å²) in [5, 5.41) is 3.52. The number of anilines is 1. The first kappa shape index (κ1) is 17.6. The van der Waals surface area contributed by atoms with Gasteiger partial charge in [-0.1, -0.05) is 36.7 Å². The number of carbonyl (C=O) groups excluding carboxylic acids is 1. The number of hydrogen-bond acceptors (Lipinski definition) is 3. The molecule has 1 amide bonds. The van der Waals surface area contributed by atoms with Gasteiger partial charge in [0.2, 0.25) is 5.91 Å². The van der Waals surface area contributed by atoms with Crippen molar-refractivity contribution in [2.75, 3.05) is 18.5 Å². The fourth-order valence-corrected chi connectivity index (χ4v) is 3.25. The molecule has 25 heavy (non-hydrogen) atoms. The smallest absolute Gasteiger partial charge is 0.228 e. The van der Waals surface area contributed by atoms with Crippen molar-refractivity contribution in [1.29, 1.82) is 0 Å². The van der Waals surface area contributed by atoms with Crippen LogP contribution in [-0.4, -0.2) is 19.1 Å². The first-order valence-electron chi connectivity index (χ1n) is 8.55. The van der Waals surface area contributed by atoms with Gasteiger partial charge in [-0.2, -0.15) is 0 Å². The molecule has 0 aromatic heterocycles. The maximum Gasteiger partial charge on any atom is 0.228 e.